The summed E-state index contributed by atoms with van der Waals surface area (Å²) in [4.78, 5) is 11.5. The Labute approximate surface area is 136 Å². The van der Waals surface area contributed by atoms with Crippen molar-refractivity contribution in [3.8, 4) is 5.75 Å². The minimum absolute atomic E-state index is 0.0691. The van der Waals surface area contributed by atoms with Crippen LogP contribution >= 0.6 is 0 Å². The van der Waals surface area contributed by atoms with Crippen LogP contribution in [-0.4, -0.2) is 36.1 Å². The van der Waals surface area contributed by atoms with Crippen LogP contribution in [0.1, 0.15) is 20.8 Å². The first-order valence-electron chi connectivity index (χ1n) is 7.60. The molecule has 23 heavy (non-hydrogen) atoms. The van der Waals surface area contributed by atoms with Gasteiger partial charge in [-0.05, 0) is 32.2 Å². The van der Waals surface area contributed by atoms with Gasteiger partial charge in [0.1, 0.15) is 24.1 Å². The predicted octanol–water partition coefficient (Wildman–Crippen LogP) is 3.10. The van der Waals surface area contributed by atoms with E-state index in [1.54, 1.807) is 20.8 Å². The largest absolute Gasteiger partial charge is 0.490 e. The molecular formula is C18H23NO4. The number of carbonyl (C=O) groups excluding carboxylic acids is 1. The van der Waals surface area contributed by atoms with Crippen LogP contribution in [-0.2, 0) is 4.74 Å². The van der Waals surface area contributed by atoms with Crippen molar-refractivity contribution in [3.63, 3.8) is 0 Å². The molecule has 2 rings (SSSR count). The van der Waals surface area contributed by atoms with E-state index in [2.05, 4.69) is 5.32 Å². The Morgan fingerprint density at radius 3 is 2.61 bits per heavy atom. The molecule has 0 radical (unpaired) electrons. The molecule has 0 aliphatic rings. The Balaban J connectivity index is 1.84. The number of aliphatic hydroxyl groups is 1. The monoisotopic (exact) mass is 317 g/mol. The Morgan fingerprint density at radius 1 is 1.17 bits per heavy atom. The van der Waals surface area contributed by atoms with Gasteiger partial charge in [0.15, 0.2) is 0 Å². The summed E-state index contributed by atoms with van der Waals surface area (Å²) in [5.41, 5.74) is -0.561. The minimum Gasteiger partial charge on any atom is -0.490 e. The van der Waals surface area contributed by atoms with Crippen LogP contribution in [0.25, 0.3) is 10.8 Å². The molecule has 0 bridgehead atoms. The second-order valence-corrected chi connectivity index (χ2v) is 6.32. The molecule has 2 aromatic rings. The molecule has 0 aromatic heterocycles. The number of amides is 1. The lowest BCUT2D eigenvalue weighted by Gasteiger charge is -2.20. The first kappa shape index (κ1) is 17.1. The Kier molecular flexibility index (Phi) is 5.45. The highest BCUT2D eigenvalue weighted by Gasteiger charge is 2.17. The van der Waals surface area contributed by atoms with Crippen LogP contribution in [0.15, 0.2) is 42.5 Å². The second kappa shape index (κ2) is 7.33. The second-order valence-electron chi connectivity index (χ2n) is 6.32. The van der Waals surface area contributed by atoms with Crippen molar-refractivity contribution in [1.29, 1.82) is 0 Å². The summed E-state index contributed by atoms with van der Waals surface area (Å²) in [6.07, 6.45) is -1.37. The molecule has 2 aromatic carbocycles. The van der Waals surface area contributed by atoms with Crippen molar-refractivity contribution in [1.82, 2.24) is 5.32 Å². The average Bonchev–Trinajstić information content (AvgIpc) is 2.49. The van der Waals surface area contributed by atoms with Gasteiger partial charge in [-0.15, -0.1) is 0 Å². The fraction of sp³-hybridized carbons (Fsp3) is 0.389. The van der Waals surface area contributed by atoms with E-state index in [0.717, 1.165) is 10.8 Å². The number of fused-ring (bicyclic) bond motifs is 1. The van der Waals surface area contributed by atoms with Crippen molar-refractivity contribution in [3.05, 3.63) is 42.5 Å². The maximum absolute atomic E-state index is 11.5. The van der Waals surface area contributed by atoms with Crippen LogP contribution < -0.4 is 10.1 Å². The average molecular weight is 317 g/mol. The van der Waals surface area contributed by atoms with E-state index in [1.807, 2.05) is 42.5 Å². The zero-order valence-electron chi connectivity index (χ0n) is 13.7. The lowest BCUT2D eigenvalue weighted by atomic mass is 10.1. The molecule has 0 heterocycles. The minimum atomic E-state index is -0.818. The van der Waals surface area contributed by atoms with Gasteiger partial charge in [-0.25, -0.2) is 4.79 Å². The van der Waals surface area contributed by atoms with E-state index in [4.69, 9.17) is 9.47 Å². The molecule has 5 heteroatoms. The normalized spacial score (nSPS) is 12.7. The summed E-state index contributed by atoms with van der Waals surface area (Å²) in [7, 11) is 0. The maximum atomic E-state index is 11.5. The number of hydrogen-bond donors (Lipinski definition) is 2. The van der Waals surface area contributed by atoms with Gasteiger partial charge in [-0.3, -0.25) is 0 Å². The van der Waals surface area contributed by atoms with Crippen molar-refractivity contribution < 1.29 is 19.4 Å². The van der Waals surface area contributed by atoms with Crippen LogP contribution in [0, 0.1) is 0 Å². The molecular weight excluding hydrogens is 294 g/mol. The molecule has 0 fully saturated rings. The van der Waals surface area contributed by atoms with Gasteiger partial charge in [-0.1, -0.05) is 36.4 Å². The predicted molar refractivity (Wildman–Crippen MR) is 89.7 cm³/mol. The Bertz CT molecular complexity index is 658. The SMILES string of the molecule is CC(C)(C)OC(=O)NC[C@@H](O)COc1cccc2ccccc12. The summed E-state index contributed by atoms with van der Waals surface area (Å²) in [5, 5.41) is 14.5. The van der Waals surface area contributed by atoms with Crippen molar-refractivity contribution in [2.45, 2.75) is 32.5 Å². The first-order chi connectivity index (χ1) is 10.8. The molecule has 0 aliphatic carbocycles. The summed E-state index contributed by atoms with van der Waals surface area (Å²) < 4.78 is 10.8. The van der Waals surface area contributed by atoms with E-state index in [1.165, 1.54) is 0 Å². The molecule has 0 saturated carbocycles. The van der Waals surface area contributed by atoms with Crippen LogP contribution in [0.5, 0.6) is 5.75 Å². The van der Waals surface area contributed by atoms with Crippen molar-refractivity contribution in [2.75, 3.05) is 13.2 Å². The lowest BCUT2D eigenvalue weighted by molar-refractivity contribution is 0.0463. The summed E-state index contributed by atoms with van der Waals surface area (Å²) in [6, 6.07) is 13.6. The number of carbonyl (C=O) groups is 1. The van der Waals surface area contributed by atoms with Gasteiger partial charge in [0, 0.05) is 5.39 Å². The Hall–Kier alpha value is -2.27. The molecule has 0 saturated heterocycles. The van der Waals surface area contributed by atoms with E-state index in [-0.39, 0.29) is 13.2 Å². The molecule has 1 amide bonds. The number of hydrogen-bond acceptors (Lipinski definition) is 4. The van der Waals surface area contributed by atoms with Gasteiger partial charge in [0.25, 0.3) is 0 Å². The standard InChI is InChI=1S/C18H23NO4/c1-18(2,3)23-17(21)19-11-14(20)12-22-16-10-6-8-13-7-4-5-9-15(13)16/h4-10,14,20H,11-12H2,1-3H3,(H,19,21)/t14-/m1/s1. The topological polar surface area (TPSA) is 67.8 Å². The molecule has 1 atom stereocenters. The zero-order chi connectivity index (χ0) is 16.9. The smallest absolute Gasteiger partial charge is 0.407 e. The van der Waals surface area contributed by atoms with Crippen LogP contribution in [0.2, 0.25) is 0 Å². The number of nitrogens with one attached hydrogen (secondary N) is 1. The third-order valence-corrected chi connectivity index (χ3v) is 3.06. The van der Waals surface area contributed by atoms with Gasteiger partial charge >= 0.3 is 6.09 Å². The fourth-order valence-corrected chi connectivity index (χ4v) is 2.08. The number of aliphatic hydroxyl groups excluding tert-OH is 1. The highest BCUT2D eigenvalue weighted by atomic mass is 16.6. The first-order valence-corrected chi connectivity index (χ1v) is 7.60. The van der Waals surface area contributed by atoms with Crippen molar-refractivity contribution >= 4 is 16.9 Å². The summed E-state index contributed by atoms with van der Waals surface area (Å²) >= 11 is 0. The highest BCUT2D eigenvalue weighted by molar-refractivity contribution is 5.88. The highest BCUT2D eigenvalue weighted by Crippen LogP contribution is 2.25. The van der Waals surface area contributed by atoms with Crippen molar-refractivity contribution in [2.24, 2.45) is 0 Å². The van der Waals surface area contributed by atoms with E-state index >= 15 is 0 Å². The van der Waals surface area contributed by atoms with E-state index < -0.39 is 17.8 Å². The molecule has 5 nitrogen and oxygen atoms in total. The van der Waals surface area contributed by atoms with Gasteiger partial charge in [-0.2, -0.15) is 0 Å². The quantitative estimate of drug-likeness (QED) is 0.889. The third-order valence-electron chi connectivity index (χ3n) is 3.06. The van der Waals surface area contributed by atoms with Gasteiger partial charge < -0.3 is 19.9 Å². The van der Waals surface area contributed by atoms with Gasteiger partial charge in [0.05, 0.1) is 6.54 Å². The molecule has 0 aliphatic heterocycles. The number of ether oxygens (including phenoxy) is 2. The molecule has 2 N–H and O–H groups in total. The Morgan fingerprint density at radius 2 is 1.87 bits per heavy atom. The van der Waals surface area contributed by atoms with Crippen LogP contribution in [0.4, 0.5) is 4.79 Å². The number of rotatable bonds is 5. The number of alkyl carbamates (subject to hydrolysis) is 1. The van der Waals surface area contributed by atoms with E-state index in [0.29, 0.717) is 5.75 Å². The molecule has 0 spiro atoms. The zero-order valence-corrected chi connectivity index (χ0v) is 13.7. The summed E-state index contributed by atoms with van der Waals surface area (Å²) in [6.45, 7) is 5.51. The van der Waals surface area contributed by atoms with Crippen LogP contribution in [0.3, 0.4) is 0 Å². The lowest BCUT2D eigenvalue weighted by Crippen LogP contribution is -2.38. The molecule has 0 unspecified atom stereocenters. The fourth-order valence-electron chi connectivity index (χ4n) is 2.08. The number of benzene rings is 2. The third kappa shape index (κ3) is 5.45. The van der Waals surface area contributed by atoms with Gasteiger partial charge in [0.2, 0.25) is 0 Å². The maximum Gasteiger partial charge on any atom is 0.407 e. The molecule has 124 valence electrons. The van der Waals surface area contributed by atoms with E-state index in [9.17, 15) is 9.90 Å². The summed E-state index contributed by atoms with van der Waals surface area (Å²) in [5.74, 6) is 0.708.